The van der Waals surface area contributed by atoms with E-state index in [1.54, 1.807) is 12.3 Å². The van der Waals surface area contributed by atoms with Gasteiger partial charge in [-0.05, 0) is 36.2 Å². The van der Waals surface area contributed by atoms with Gasteiger partial charge in [-0.25, -0.2) is 0 Å². The Morgan fingerprint density at radius 1 is 1.20 bits per heavy atom. The van der Waals surface area contributed by atoms with Crippen molar-refractivity contribution >= 4 is 0 Å². The fourth-order valence-corrected chi connectivity index (χ4v) is 1.96. The third-order valence-corrected chi connectivity index (χ3v) is 3.10. The molecule has 0 amide bonds. The molecule has 0 aliphatic rings. The molecule has 2 aromatic rings. The summed E-state index contributed by atoms with van der Waals surface area (Å²) in [7, 11) is 0. The topological polar surface area (TPSA) is 33.1 Å². The van der Waals surface area contributed by atoms with Gasteiger partial charge in [0.1, 0.15) is 0 Å². The fraction of sp³-hybridized carbons (Fsp3) is 0.267. The summed E-state index contributed by atoms with van der Waals surface area (Å²) in [6, 6.07) is 8.37. The average molecular weight is 281 g/mol. The zero-order chi connectivity index (χ0) is 14.8. The van der Waals surface area contributed by atoms with Crippen molar-refractivity contribution in [3.05, 3.63) is 65.0 Å². The second-order valence-corrected chi connectivity index (χ2v) is 4.61. The number of hydrogen-bond acceptors (Lipinski definition) is 2. The number of aliphatic hydroxyl groups excluding tert-OH is 1. The van der Waals surface area contributed by atoms with E-state index in [4.69, 9.17) is 0 Å². The molecule has 0 aliphatic heterocycles. The van der Waals surface area contributed by atoms with Crippen LogP contribution in [0.25, 0.3) is 0 Å². The molecule has 0 radical (unpaired) electrons. The molecule has 1 heterocycles. The van der Waals surface area contributed by atoms with Crippen LogP contribution in [0.3, 0.4) is 0 Å². The summed E-state index contributed by atoms with van der Waals surface area (Å²) in [4.78, 5) is 4.13. The Kier molecular flexibility index (Phi) is 4.09. The van der Waals surface area contributed by atoms with Crippen molar-refractivity contribution in [1.82, 2.24) is 4.98 Å². The van der Waals surface area contributed by atoms with E-state index in [0.717, 1.165) is 17.7 Å². The highest BCUT2D eigenvalue weighted by atomic mass is 19.4. The highest BCUT2D eigenvalue weighted by Gasteiger charge is 2.30. The lowest BCUT2D eigenvalue weighted by Crippen LogP contribution is -2.09. The van der Waals surface area contributed by atoms with Gasteiger partial charge in [0.2, 0.25) is 0 Å². The third kappa shape index (κ3) is 3.36. The molecule has 106 valence electrons. The number of pyridine rings is 1. The summed E-state index contributed by atoms with van der Waals surface area (Å²) in [5.74, 6) is 0. The number of benzene rings is 1. The summed E-state index contributed by atoms with van der Waals surface area (Å²) in [5, 5.41) is 10.1. The first-order chi connectivity index (χ1) is 9.38. The van der Waals surface area contributed by atoms with Crippen LogP contribution in [0.5, 0.6) is 0 Å². The predicted molar refractivity (Wildman–Crippen MR) is 69.1 cm³/mol. The summed E-state index contributed by atoms with van der Waals surface area (Å²) in [6.45, 7) is 1.85. The molecule has 1 unspecified atom stereocenters. The van der Waals surface area contributed by atoms with Crippen molar-refractivity contribution in [2.75, 3.05) is 0 Å². The first-order valence-corrected chi connectivity index (χ1v) is 6.13. The van der Waals surface area contributed by atoms with E-state index >= 15 is 0 Å². The number of nitrogens with zero attached hydrogens (tertiary/aromatic N) is 1. The molecular formula is C15H14F3NO. The number of aliphatic hydroxyl groups is 1. The normalized spacial score (nSPS) is 13.2. The van der Waals surface area contributed by atoms with Crippen LogP contribution in [0.4, 0.5) is 13.2 Å². The van der Waals surface area contributed by atoms with E-state index in [9.17, 15) is 18.3 Å². The van der Waals surface area contributed by atoms with Gasteiger partial charge in [-0.15, -0.1) is 0 Å². The lowest BCUT2D eigenvalue weighted by atomic mass is 10.0. The van der Waals surface area contributed by atoms with Gasteiger partial charge >= 0.3 is 6.18 Å². The van der Waals surface area contributed by atoms with Crippen LogP contribution in [-0.2, 0) is 12.6 Å². The summed E-state index contributed by atoms with van der Waals surface area (Å²) in [6.07, 6.45) is -3.63. The second kappa shape index (κ2) is 5.63. The van der Waals surface area contributed by atoms with Crippen molar-refractivity contribution in [1.29, 1.82) is 0 Å². The Morgan fingerprint density at radius 3 is 2.60 bits per heavy atom. The molecule has 2 rings (SSSR count). The number of aryl methyl sites for hydroxylation is 1. The molecule has 0 bridgehead atoms. The van der Waals surface area contributed by atoms with Crippen LogP contribution in [0.1, 0.15) is 28.5 Å². The van der Waals surface area contributed by atoms with Gasteiger partial charge in [0.15, 0.2) is 0 Å². The van der Waals surface area contributed by atoms with Crippen LogP contribution in [0.2, 0.25) is 0 Å². The van der Waals surface area contributed by atoms with Crippen molar-refractivity contribution in [2.24, 2.45) is 0 Å². The Labute approximate surface area is 114 Å². The zero-order valence-corrected chi connectivity index (χ0v) is 10.9. The quantitative estimate of drug-likeness (QED) is 0.930. The van der Waals surface area contributed by atoms with Gasteiger partial charge in [0.05, 0.1) is 11.7 Å². The molecule has 0 fully saturated rings. The van der Waals surface area contributed by atoms with Gasteiger partial charge in [-0.1, -0.05) is 18.2 Å². The number of alkyl halides is 3. The van der Waals surface area contributed by atoms with Gasteiger partial charge in [0.25, 0.3) is 0 Å². The minimum atomic E-state index is -4.41. The van der Waals surface area contributed by atoms with Crippen LogP contribution in [0.15, 0.2) is 42.6 Å². The Morgan fingerprint density at radius 2 is 1.95 bits per heavy atom. The second-order valence-electron chi connectivity index (χ2n) is 4.61. The molecule has 0 saturated carbocycles. The van der Waals surface area contributed by atoms with Gasteiger partial charge in [-0.3, -0.25) is 4.98 Å². The van der Waals surface area contributed by atoms with Crippen molar-refractivity contribution in [3.8, 4) is 0 Å². The molecule has 1 atom stereocenters. The molecule has 0 aliphatic carbocycles. The third-order valence-electron chi connectivity index (χ3n) is 3.10. The Balaban J connectivity index is 2.22. The molecule has 1 N–H and O–H groups in total. The van der Waals surface area contributed by atoms with E-state index in [0.29, 0.717) is 5.69 Å². The van der Waals surface area contributed by atoms with E-state index in [1.807, 2.05) is 13.0 Å². The van der Waals surface area contributed by atoms with Crippen LogP contribution >= 0.6 is 0 Å². The minimum Gasteiger partial charge on any atom is -0.388 e. The van der Waals surface area contributed by atoms with Crippen molar-refractivity contribution in [3.63, 3.8) is 0 Å². The van der Waals surface area contributed by atoms with E-state index < -0.39 is 17.8 Å². The maximum Gasteiger partial charge on any atom is 0.416 e. The maximum atomic E-state index is 12.6. The van der Waals surface area contributed by atoms with E-state index in [-0.39, 0.29) is 12.0 Å². The standard InChI is InChI=1S/C15H14F3NO/c1-10-4-3-7-19-13(10)9-14(20)11-5-2-6-12(8-11)15(16,17)18/h2-8,14,20H,9H2,1H3. The lowest BCUT2D eigenvalue weighted by Gasteiger charge is -2.14. The van der Waals surface area contributed by atoms with Crippen molar-refractivity contribution in [2.45, 2.75) is 25.6 Å². The Hall–Kier alpha value is -1.88. The van der Waals surface area contributed by atoms with Crippen LogP contribution < -0.4 is 0 Å². The number of aromatic nitrogens is 1. The van der Waals surface area contributed by atoms with Gasteiger partial charge < -0.3 is 5.11 Å². The largest absolute Gasteiger partial charge is 0.416 e. The first kappa shape index (κ1) is 14.5. The van der Waals surface area contributed by atoms with E-state index in [1.165, 1.54) is 12.1 Å². The zero-order valence-electron chi connectivity index (χ0n) is 10.9. The molecule has 1 aromatic carbocycles. The molecule has 5 heteroatoms. The van der Waals surface area contributed by atoms with E-state index in [2.05, 4.69) is 4.98 Å². The number of halogens is 3. The van der Waals surface area contributed by atoms with Gasteiger partial charge in [-0.2, -0.15) is 13.2 Å². The highest BCUT2D eigenvalue weighted by Crippen LogP contribution is 2.31. The molecule has 2 nitrogen and oxygen atoms in total. The summed E-state index contributed by atoms with van der Waals surface area (Å²) in [5.41, 5.74) is 1.06. The molecule has 0 spiro atoms. The minimum absolute atomic E-state index is 0.188. The smallest absolute Gasteiger partial charge is 0.388 e. The highest BCUT2D eigenvalue weighted by molar-refractivity contribution is 5.29. The molecule has 20 heavy (non-hydrogen) atoms. The Bertz CT molecular complexity index is 596. The number of rotatable bonds is 3. The van der Waals surface area contributed by atoms with Crippen molar-refractivity contribution < 1.29 is 18.3 Å². The monoisotopic (exact) mass is 281 g/mol. The van der Waals surface area contributed by atoms with Crippen LogP contribution in [0, 0.1) is 6.92 Å². The maximum absolute atomic E-state index is 12.6. The number of hydrogen-bond donors (Lipinski definition) is 1. The fourth-order valence-electron chi connectivity index (χ4n) is 1.96. The van der Waals surface area contributed by atoms with Gasteiger partial charge in [0, 0.05) is 18.3 Å². The molecule has 1 aromatic heterocycles. The predicted octanol–water partition coefficient (Wildman–Crippen LogP) is 3.68. The molecule has 0 saturated heterocycles. The average Bonchev–Trinajstić information content (AvgIpc) is 2.40. The molecular weight excluding hydrogens is 267 g/mol. The SMILES string of the molecule is Cc1cccnc1CC(O)c1cccc(C(F)(F)F)c1. The summed E-state index contributed by atoms with van der Waals surface area (Å²) >= 11 is 0. The summed E-state index contributed by atoms with van der Waals surface area (Å²) < 4.78 is 37.9. The van der Waals surface area contributed by atoms with Crippen LogP contribution in [-0.4, -0.2) is 10.1 Å². The lowest BCUT2D eigenvalue weighted by molar-refractivity contribution is -0.137. The first-order valence-electron chi connectivity index (χ1n) is 6.13.